The summed E-state index contributed by atoms with van der Waals surface area (Å²) in [5.74, 6) is -0.950. The third kappa shape index (κ3) is 1.91. The first-order valence-electron chi connectivity index (χ1n) is 5.21. The summed E-state index contributed by atoms with van der Waals surface area (Å²) < 4.78 is 1.66. The van der Waals surface area contributed by atoms with Crippen LogP contribution in [0, 0.1) is 23.7 Å². The highest BCUT2D eigenvalue weighted by Gasteiger charge is 2.43. The average Bonchev–Trinajstić information content (AvgIpc) is 2.83. The molecule has 0 aromatic carbocycles. The summed E-state index contributed by atoms with van der Waals surface area (Å²) in [6.45, 7) is 2.33. The van der Waals surface area contributed by atoms with Gasteiger partial charge in [0.1, 0.15) is 5.56 Å². The molecule has 0 radical (unpaired) electrons. The summed E-state index contributed by atoms with van der Waals surface area (Å²) >= 11 is 0. The molecule has 0 atom stereocenters. The molecule has 0 saturated heterocycles. The van der Waals surface area contributed by atoms with Gasteiger partial charge in [-0.1, -0.05) is 0 Å². The molecular weight excluding hydrogens is 206 g/mol. The first-order valence-corrected chi connectivity index (χ1v) is 5.21. The number of hydrogen-bond donors (Lipinski definition) is 1. The van der Waals surface area contributed by atoms with Crippen LogP contribution in [0.2, 0.25) is 0 Å². The maximum Gasteiger partial charge on any atom is 0.339 e. The van der Waals surface area contributed by atoms with Crippen LogP contribution in [0.25, 0.3) is 0 Å². The van der Waals surface area contributed by atoms with E-state index in [1.54, 1.807) is 17.8 Å². The van der Waals surface area contributed by atoms with Gasteiger partial charge >= 0.3 is 5.97 Å². The smallest absolute Gasteiger partial charge is 0.339 e. The number of carbonyl (C=O) groups is 1. The second-order valence-corrected chi connectivity index (χ2v) is 4.47. The van der Waals surface area contributed by atoms with E-state index < -0.39 is 5.97 Å². The van der Waals surface area contributed by atoms with Crippen LogP contribution in [0.1, 0.15) is 35.3 Å². The Kier molecular flexibility index (Phi) is 2.43. The Labute approximate surface area is 93.3 Å². The molecule has 16 heavy (non-hydrogen) atoms. The second kappa shape index (κ2) is 3.63. The Morgan fingerprint density at radius 2 is 2.44 bits per heavy atom. The molecule has 0 amide bonds. The lowest BCUT2D eigenvalue weighted by Gasteiger charge is -2.09. The molecule has 1 aromatic heterocycles. The maximum absolute atomic E-state index is 10.8. The molecule has 1 heterocycles. The minimum atomic E-state index is -0.950. The minimum Gasteiger partial charge on any atom is -0.478 e. The van der Waals surface area contributed by atoms with Crippen molar-refractivity contribution >= 4 is 5.97 Å². The van der Waals surface area contributed by atoms with Crippen molar-refractivity contribution in [2.75, 3.05) is 0 Å². The van der Waals surface area contributed by atoms with E-state index in [-0.39, 0.29) is 11.0 Å². The van der Waals surface area contributed by atoms with E-state index in [1.807, 2.05) is 0 Å². The number of carboxylic acids is 1. The van der Waals surface area contributed by atoms with Gasteiger partial charge in [0.25, 0.3) is 0 Å². The monoisotopic (exact) mass is 219 g/mol. The zero-order valence-electron chi connectivity index (χ0n) is 9.10. The fraction of sp³-hybridized carbons (Fsp3) is 0.545. The molecule has 5 nitrogen and oxygen atoms in total. The molecule has 1 aliphatic rings. The van der Waals surface area contributed by atoms with Gasteiger partial charge in [0.05, 0.1) is 11.8 Å². The summed E-state index contributed by atoms with van der Waals surface area (Å²) in [7, 11) is 0. The van der Waals surface area contributed by atoms with Crippen LogP contribution < -0.4 is 0 Å². The van der Waals surface area contributed by atoms with Gasteiger partial charge in [0.2, 0.25) is 0 Å². The molecule has 2 rings (SSSR count). The van der Waals surface area contributed by atoms with E-state index in [9.17, 15) is 4.79 Å². The topological polar surface area (TPSA) is 78.9 Å². The quantitative estimate of drug-likeness (QED) is 0.833. The molecule has 1 fully saturated rings. The molecule has 5 heteroatoms. The molecular formula is C11H13N3O2. The van der Waals surface area contributed by atoms with Crippen LogP contribution in [-0.2, 0) is 6.54 Å². The van der Waals surface area contributed by atoms with Gasteiger partial charge in [-0.25, -0.2) is 4.79 Å². The van der Waals surface area contributed by atoms with Crippen molar-refractivity contribution in [2.24, 2.45) is 5.41 Å². The van der Waals surface area contributed by atoms with E-state index in [0.29, 0.717) is 18.7 Å². The third-order valence-electron chi connectivity index (χ3n) is 3.09. The van der Waals surface area contributed by atoms with Crippen LogP contribution in [0.15, 0.2) is 6.20 Å². The predicted molar refractivity (Wildman–Crippen MR) is 55.8 cm³/mol. The molecule has 84 valence electrons. The Balaban J connectivity index is 2.14. The SMILES string of the molecule is Cc1nn(CC2(CC#N)CC2)cc1C(=O)O. The molecule has 0 aliphatic heterocycles. The number of nitriles is 1. The summed E-state index contributed by atoms with van der Waals surface area (Å²) in [6, 6.07) is 2.18. The predicted octanol–water partition coefficient (Wildman–Crippen LogP) is 1.58. The van der Waals surface area contributed by atoms with Crippen molar-refractivity contribution in [3.05, 3.63) is 17.5 Å². The minimum absolute atomic E-state index is 0.0446. The first kappa shape index (κ1) is 10.7. The zero-order chi connectivity index (χ0) is 11.8. The van der Waals surface area contributed by atoms with Crippen molar-refractivity contribution in [2.45, 2.75) is 32.7 Å². The number of aromatic nitrogens is 2. The number of hydrogen-bond acceptors (Lipinski definition) is 3. The number of aromatic carboxylic acids is 1. The van der Waals surface area contributed by atoms with Crippen molar-refractivity contribution in [1.29, 1.82) is 5.26 Å². The lowest BCUT2D eigenvalue weighted by Crippen LogP contribution is -2.11. The first-order chi connectivity index (χ1) is 7.56. The maximum atomic E-state index is 10.8. The molecule has 1 aliphatic carbocycles. The van der Waals surface area contributed by atoms with Crippen molar-refractivity contribution < 1.29 is 9.90 Å². The number of carboxylic acid groups (broad SMARTS) is 1. The Morgan fingerprint density at radius 1 is 1.75 bits per heavy atom. The summed E-state index contributed by atoms with van der Waals surface area (Å²) in [4.78, 5) is 10.8. The van der Waals surface area contributed by atoms with Gasteiger partial charge in [0.15, 0.2) is 0 Å². The molecule has 0 bridgehead atoms. The summed E-state index contributed by atoms with van der Waals surface area (Å²) in [5, 5.41) is 21.8. The van der Waals surface area contributed by atoms with E-state index in [1.165, 1.54) is 0 Å². The second-order valence-electron chi connectivity index (χ2n) is 4.47. The van der Waals surface area contributed by atoms with Crippen LogP contribution in [0.5, 0.6) is 0 Å². The van der Waals surface area contributed by atoms with Crippen LogP contribution in [0.4, 0.5) is 0 Å². The highest BCUT2D eigenvalue weighted by Crippen LogP contribution is 2.49. The highest BCUT2D eigenvalue weighted by molar-refractivity contribution is 5.88. The lowest BCUT2D eigenvalue weighted by atomic mass is 10.0. The van der Waals surface area contributed by atoms with Gasteiger partial charge in [-0.15, -0.1) is 0 Å². The summed E-state index contributed by atoms with van der Waals surface area (Å²) in [6.07, 6.45) is 4.13. The lowest BCUT2D eigenvalue weighted by molar-refractivity contribution is 0.0696. The van der Waals surface area contributed by atoms with E-state index >= 15 is 0 Å². The van der Waals surface area contributed by atoms with Gasteiger partial charge in [-0.05, 0) is 19.8 Å². The van der Waals surface area contributed by atoms with E-state index in [4.69, 9.17) is 10.4 Å². The standard InChI is InChI=1S/C11H13N3O2/c1-8-9(10(15)16)6-14(13-8)7-11(2-3-11)4-5-12/h6H,2-4,7H2,1H3,(H,15,16). The Bertz CT molecular complexity index is 466. The highest BCUT2D eigenvalue weighted by atomic mass is 16.4. The van der Waals surface area contributed by atoms with Crippen molar-refractivity contribution in [3.8, 4) is 6.07 Å². The van der Waals surface area contributed by atoms with Gasteiger partial charge in [-0.3, -0.25) is 4.68 Å². The molecule has 0 spiro atoms. The van der Waals surface area contributed by atoms with Crippen LogP contribution in [0.3, 0.4) is 0 Å². The average molecular weight is 219 g/mol. The third-order valence-corrected chi connectivity index (χ3v) is 3.09. The number of rotatable bonds is 4. The fourth-order valence-corrected chi connectivity index (χ4v) is 1.89. The zero-order valence-corrected chi connectivity index (χ0v) is 9.10. The Hall–Kier alpha value is -1.83. The van der Waals surface area contributed by atoms with Gasteiger partial charge in [-0.2, -0.15) is 10.4 Å². The molecule has 0 unspecified atom stereocenters. The molecule has 1 N–H and O–H groups in total. The number of nitrogens with zero attached hydrogens (tertiary/aromatic N) is 3. The summed E-state index contributed by atoms with van der Waals surface area (Å²) in [5.41, 5.74) is 0.816. The fourth-order valence-electron chi connectivity index (χ4n) is 1.89. The molecule has 1 aromatic rings. The van der Waals surface area contributed by atoms with Gasteiger partial charge < -0.3 is 5.11 Å². The molecule has 1 saturated carbocycles. The Morgan fingerprint density at radius 3 is 2.88 bits per heavy atom. The van der Waals surface area contributed by atoms with Crippen LogP contribution >= 0.6 is 0 Å². The van der Waals surface area contributed by atoms with E-state index in [0.717, 1.165) is 12.8 Å². The number of aryl methyl sites for hydroxylation is 1. The van der Waals surface area contributed by atoms with Crippen molar-refractivity contribution in [3.63, 3.8) is 0 Å². The normalized spacial score (nSPS) is 16.8. The van der Waals surface area contributed by atoms with Gasteiger partial charge in [0, 0.05) is 24.6 Å². The largest absolute Gasteiger partial charge is 0.478 e. The van der Waals surface area contributed by atoms with E-state index in [2.05, 4.69) is 11.2 Å². The van der Waals surface area contributed by atoms with Crippen molar-refractivity contribution in [1.82, 2.24) is 9.78 Å². The van der Waals surface area contributed by atoms with Crippen LogP contribution in [-0.4, -0.2) is 20.9 Å².